The van der Waals surface area contributed by atoms with E-state index in [-0.39, 0.29) is 12.3 Å². The second-order valence-electron chi connectivity index (χ2n) is 3.75. The van der Waals surface area contributed by atoms with E-state index in [0.29, 0.717) is 17.3 Å². The molecule has 19 heavy (non-hydrogen) atoms. The van der Waals surface area contributed by atoms with Crippen LogP contribution in [0.4, 0.5) is 0 Å². The monoisotopic (exact) mass is 290 g/mol. The summed E-state index contributed by atoms with van der Waals surface area (Å²) in [6, 6.07) is 0. The van der Waals surface area contributed by atoms with Gasteiger partial charge in [0.15, 0.2) is 11.4 Å². The van der Waals surface area contributed by atoms with Gasteiger partial charge >= 0.3 is 11.9 Å². The Balaban J connectivity index is 0.000000362. The summed E-state index contributed by atoms with van der Waals surface area (Å²) >= 11 is 1.60. The van der Waals surface area contributed by atoms with Gasteiger partial charge in [0.1, 0.15) is 0 Å². The van der Waals surface area contributed by atoms with Crippen LogP contribution in [0.1, 0.15) is 20.3 Å². The lowest BCUT2D eigenvalue weighted by molar-refractivity contribution is -0.134. The van der Waals surface area contributed by atoms with Crippen molar-refractivity contribution in [3.63, 3.8) is 0 Å². The maximum Gasteiger partial charge on any atom is 0.328 e. The van der Waals surface area contributed by atoms with E-state index >= 15 is 0 Å². The summed E-state index contributed by atoms with van der Waals surface area (Å²) in [7, 11) is 0. The molecule has 0 saturated heterocycles. The van der Waals surface area contributed by atoms with E-state index in [0.717, 1.165) is 12.2 Å². The van der Waals surface area contributed by atoms with Gasteiger partial charge in [-0.25, -0.2) is 14.6 Å². The number of nitrogens with zero attached hydrogens (tertiary/aromatic N) is 1. The van der Waals surface area contributed by atoms with Gasteiger partial charge in [-0.2, -0.15) is 0 Å². The highest BCUT2D eigenvalue weighted by molar-refractivity contribution is 8.13. The van der Waals surface area contributed by atoms with Crippen molar-refractivity contribution in [2.75, 3.05) is 5.75 Å². The number of ether oxygens (including phenoxy) is 1. The van der Waals surface area contributed by atoms with Crippen LogP contribution in [-0.2, 0) is 14.3 Å². The molecule has 1 unspecified atom stereocenters. The largest absolute Gasteiger partial charge is 0.478 e. The van der Waals surface area contributed by atoms with E-state index in [9.17, 15) is 9.59 Å². The van der Waals surface area contributed by atoms with Gasteiger partial charge in [0, 0.05) is 24.3 Å². The van der Waals surface area contributed by atoms with Crippen LogP contribution in [0.5, 0.6) is 0 Å². The number of aliphatic imine (C=N–C) groups is 1. The highest BCUT2D eigenvalue weighted by Crippen LogP contribution is 2.16. The maximum atomic E-state index is 9.55. The van der Waals surface area contributed by atoms with E-state index in [2.05, 4.69) is 4.99 Å². The van der Waals surface area contributed by atoms with Crippen LogP contribution in [0.15, 0.2) is 17.1 Å². The number of hydrogen-bond donors (Lipinski definition) is 3. The third-order valence-electron chi connectivity index (χ3n) is 1.68. The molecule has 1 heterocycles. The van der Waals surface area contributed by atoms with Gasteiger partial charge in [-0.3, -0.25) is 0 Å². The molecule has 1 aliphatic heterocycles. The lowest BCUT2D eigenvalue weighted by atomic mass is 10.4. The molecule has 0 aliphatic carbocycles. The molecule has 0 bridgehead atoms. The molecular formula is C11H18N2O5S. The van der Waals surface area contributed by atoms with Crippen molar-refractivity contribution >= 4 is 28.9 Å². The normalized spacial score (nSPS) is 18.7. The number of nitrogens with two attached hydrogens (primary N) is 1. The van der Waals surface area contributed by atoms with E-state index in [1.54, 1.807) is 11.8 Å². The van der Waals surface area contributed by atoms with E-state index < -0.39 is 11.9 Å². The number of hydrogen-bond acceptors (Lipinski definition) is 6. The number of amidine groups is 1. The first kappa shape index (κ1) is 17.5. The molecule has 1 rings (SSSR count). The highest BCUT2D eigenvalue weighted by Gasteiger charge is 2.14. The highest BCUT2D eigenvalue weighted by atomic mass is 32.2. The topological polar surface area (TPSA) is 122 Å². The van der Waals surface area contributed by atoms with Crippen molar-refractivity contribution in [1.29, 1.82) is 0 Å². The molecule has 0 aromatic rings. The van der Waals surface area contributed by atoms with Crippen LogP contribution in [0.2, 0.25) is 0 Å². The first-order valence-corrected chi connectivity index (χ1v) is 6.55. The molecule has 1 aliphatic rings. The zero-order chi connectivity index (χ0) is 14.8. The number of carbonyl (C=O) groups is 2. The molecular weight excluding hydrogens is 272 g/mol. The van der Waals surface area contributed by atoms with E-state index in [4.69, 9.17) is 20.7 Å². The fraction of sp³-hybridized carbons (Fsp3) is 0.545. The first-order valence-electron chi connectivity index (χ1n) is 5.56. The Morgan fingerprint density at radius 1 is 1.42 bits per heavy atom. The fourth-order valence-electron chi connectivity index (χ4n) is 1.06. The molecule has 8 heteroatoms. The molecule has 0 aromatic carbocycles. The van der Waals surface area contributed by atoms with Gasteiger partial charge in [-0.1, -0.05) is 11.8 Å². The maximum absolute atomic E-state index is 9.55. The van der Waals surface area contributed by atoms with Gasteiger partial charge in [-0.15, -0.1) is 0 Å². The van der Waals surface area contributed by atoms with Crippen LogP contribution >= 0.6 is 11.8 Å². The Kier molecular flexibility index (Phi) is 8.64. The predicted octanol–water partition coefficient (Wildman–Crippen LogP) is 0.901. The van der Waals surface area contributed by atoms with Crippen molar-refractivity contribution in [2.45, 2.75) is 32.6 Å². The third-order valence-corrected chi connectivity index (χ3v) is 2.52. The Bertz CT molecular complexity index is 352. The minimum atomic E-state index is -1.26. The van der Waals surface area contributed by atoms with Crippen LogP contribution in [0, 0.1) is 0 Å². The summed E-state index contributed by atoms with van der Waals surface area (Å²) in [4.78, 5) is 23.3. The van der Waals surface area contributed by atoms with Gasteiger partial charge in [0.25, 0.3) is 0 Å². The second-order valence-corrected chi connectivity index (χ2v) is 4.87. The molecule has 0 radical (unpaired) electrons. The summed E-state index contributed by atoms with van der Waals surface area (Å²) in [6.45, 7) is 4.01. The van der Waals surface area contributed by atoms with Crippen molar-refractivity contribution in [2.24, 2.45) is 10.7 Å². The predicted molar refractivity (Wildman–Crippen MR) is 73.1 cm³/mol. The summed E-state index contributed by atoms with van der Waals surface area (Å²) in [6.07, 6.45) is 2.32. The minimum absolute atomic E-state index is 0.00347. The van der Waals surface area contributed by atoms with Crippen molar-refractivity contribution in [3.8, 4) is 0 Å². The Hall–Kier alpha value is -1.54. The lowest BCUT2D eigenvalue weighted by Crippen LogP contribution is -2.24. The Morgan fingerprint density at radius 2 is 1.95 bits per heavy atom. The number of carboxylic acid groups (broad SMARTS) is 2. The zero-order valence-electron chi connectivity index (χ0n) is 10.8. The molecule has 0 spiro atoms. The van der Waals surface area contributed by atoms with Crippen LogP contribution in [0.3, 0.4) is 0 Å². The van der Waals surface area contributed by atoms with Crippen LogP contribution in [-0.4, -0.2) is 45.4 Å². The Morgan fingerprint density at radius 3 is 2.32 bits per heavy atom. The van der Waals surface area contributed by atoms with Crippen LogP contribution < -0.4 is 5.73 Å². The minimum Gasteiger partial charge on any atom is -0.478 e. The summed E-state index contributed by atoms with van der Waals surface area (Å²) in [5, 5.41) is 16.3. The standard InChI is InChI=1S/C7H14N2OS.C4H4O4/c1-5(2)10-6-3-4-11-7(8)9-6;5-3(6)1-2-4(7)8/h5-6H,3-4H2,1-2H3,(H2,8,9);1-2H,(H,5,6)(H,7,8)/b;2-1+. The van der Waals surface area contributed by atoms with Gasteiger partial charge in [-0.05, 0) is 13.8 Å². The Labute approximate surface area is 115 Å². The number of aliphatic carboxylic acids is 2. The molecule has 108 valence electrons. The number of carboxylic acids is 2. The molecule has 0 fully saturated rings. The molecule has 0 amide bonds. The smallest absolute Gasteiger partial charge is 0.328 e. The quantitative estimate of drug-likeness (QED) is 0.657. The van der Waals surface area contributed by atoms with Crippen molar-refractivity contribution < 1.29 is 24.5 Å². The molecule has 7 nitrogen and oxygen atoms in total. The van der Waals surface area contributed by atoms with Crippen molar-refractivity contribution in [1.82, 2.24) is 0 Å². The molecule has 4 N–H and O–H groups in total. The fourth-order valence-corrected chi connectivity index (χ4v) is 1.78. The van der Waals surface area contributed by atoms with Crippen molar-refractivity contribution in [3.05, 3.63) is 12.2 Å². The average molecular weight is 290 g/mol. The summed E-state index contributed by atoms with van der Waals surface area (Å²) in [5.74, 6) is -1.49. The van der Waals surface area contributed by atoms with Gasteiger partial charge in [0.05, 0.1) is 6.10 Å². The SMILES string of the molecule is CC(C)OC1CCSC(N)=N1.O=C(O)/C=C/C(=O)O. The summed E-state index contributed by atoms with van der Waals surface area (Å²) < 4.78 is 5.48. The molecule has 0 saturated carbocycles. The molecule has 1 atom stereocenters. The number of rotatable bonds is 4. The van der Waals surface area contributed by atoms with E-state index in [1.807, 2.05) is 13.8 Å². The second kappa shape index (κ2) is 9.40. The van der Waals surface area contributed by atoms with Gasteiger partial charge < -0.3 is 20.7 Å². The average Bonchev–Trinajstić information content (AvgIpc) is 2.26. The number of thioether (sulfide) groups is 1. The zero-order valence-corrected chi connectivity index (χ0v) is 11.6. The van der Waals surface area contributed by atoms with E-state index in [1.165, 1.54) is 0 Å². The lowest BCUT2D eigenvalue weighted by Gasteiger charge is -2.20. The van der Waals surface area contributed by atoms with Gasteiger partial charge in [0.2, 0.25) is 0 Å². The summed E-state index contributed by atoms with van der Waals surface area (Å²) in [5.41, 5.74) is 5.53. The van der Waals surface area contributed by atoms with Crippen LogP contribution in [0.25, 0.3) is 0 Å². The first-order chi connectivity index (χ1) is 8.81. The third kappa shape index (κ3) is 11.3. The molecule has 0 aromatic heterocycles.